The van der Waals surface area contributed by atoms with E-state index in [1.54, 1.807) is 11.7 Å². The van der Waals surface area contributed by atoms with E-state index in [0.29, 0.717) is 29.4 Å². The van der Waals surface area contributed by atoms with E-state index in [1.165, 1.54) is 29.1 Å². The molecule has 0 bridgehead atoms. The highest BCUT2D eigenvalue weighted by Gasteiger charge is 2.22. The molecule has 8 nitrogen and oxygen atoms in total. The van der Waals surface area contributed by atoms with Crippen molar-refractivity contribution in [3.05, 3.63) is 58.3 Å². The minimum atomic E-state index is -0.262. The Kier molecular flexibility index (Phi) is 6.18. The van der Waals surface area contributed by atoms with Crippen LogP contribution in [0.25, 0.3) is 11.0 Å². The Hall–Kier alpha value is -3.00. The predicted molar refractivity (Wildman–Crippen MR) is 119 cm³/mol. The number of piperidine rings is 1. The van der Waals surface area contributed by atoms with Crippen LogP contribution in [0.1, 0.15) is 31.4 Å². The van der Waals surface area contributed by atoms with Crippen LogP contribution in [0.15, 0.2) is 41.6 Å². The molecule has 2 aromatic heterocycles. The fourth-order valence-corrected chi connectivity index (χ4v) is 4.63. The van der Waals surface area contributed by atoms with Crippen LogP contribution in [0.2, 0.25) is 0 Å². The Bertz CT molecular complexity index is 1120. The smallest absolute Gasteiger partial charge is 0.264 e. The molecule has 1 N–H and O–H groups in total. The number of carbonyl (C=O) groups excluding carboxylic acids is 1. The average Bonchev–Trinajstić information content (AvgIpc) is 3.10. The van der Waals surface area contributed by atoms with Crippen molar-refractivity contribution in [3.63, 3.8) is 0 Å². The normalized spacial score (nSPS) is 19.6. The van der Waals surface area contributed by atoms with Crippen LogP contribution < -0.4 is 10.9 Å². The van der Waals surface area contributed by atoms with Gasteiger partial charge in [0.15, 0.2) is 5.65 Å². The molecule has 31 heavy (non-hydrogen) atoms. The summed E-state index contributed by atoms with van der Waals surface area (Å²) in [6, 6.07) is 8.24. The van der Waals surface area contributed by atoms with E-state index in [9.17, 15) is 9.59 Å². The summed E-state index contributed by atoms with van der Waals surface area (Å²) in [4.78, 5) is 31.9. The Labute approximate surface area is 181 Å². The van der Waals surface area contributed by atoms with Crippen LogP contribution in [0.3, 0.4) is 0 Å². The van der Waals surface area contributed by atoms with Crippen molar-refractivity contribution in [1.29, 1.82) is 0 Å². The van der Waals surface area contributed by atoms with Crippen LogP contribution in [-0.4, -0.2) is 43.2 Å². The van der Waals surface area contributed by atoms with E-state index in [-0.39, 0.29) is 18.0 Å². The molecule has 0 radical (unpaired) electrons. The quantitative estimate of drug-likeness (QED) is 0.656. The minimum absolute atomic E-state index is 0.0695. The van der Waals surface area contributed by atoms with Gasteiger partial charge in [0.05, 0.1) is 6.20 Å². The van der Waals surface area contributed by atoms with E-state index in [1.807, 2.05) is 12.1 Å². The first-order valence-corrected chi connectivity index (χ1v) is 10.8. The van der Waals surface area contributed by atoms with Gasteiger partial charge in [0.2, 0.25) is 5.91 Å². The third-order valence-corrected chi connectivity index (χ3v) is 5.96. The van der Waals surface area contributed by atoms with Crippen molar-refractivity contribution in [2.75, 3.05) is 13.1 Å². The number of aromatic nitrogens is 4. The number of amides is 1. The van der Waals surface area contributed by atoms with Gasteiger partial charge in [-0.25, -0.2) is 4.98 Å². The van der Waals surface area contributed by atoms with Crippen LogP contribution in [0.5, 0.6) is 0 Å². The maximum atomic E-state index is 12.6. The Morgan fingerprint density at radius 2 is 1.87 bits per heavy atom. The number of rotatable bonds is 6. The lowest BCUT2D eigenvalue weighted by Crippen LogP contribution is -2.38. The summed E-state index contributed by atoms with van der Waals surface area (Å²) in [5, 5.41) is 7.42. The van der Waals surface area contributed by atoms with Crippen molar-refractivity contribution in [2.45, 2.75) is 39.9 Å². The maximum absolute atomic E-state index is 12.6. The van der Waals surface area contributed by atoms with Gasteiger partial charge in [-0.2, -0.15) is 5.10 Å². The molecule has 2 atom stereocenters. The number of likely N-dealkylation sites (tertiary alicyclic amines) is 1. The molecule has 164 valence electrons. The van der Waals surface area contributed by atoms with Crippen molar-refractivity contribution >= 4 is 16.9 Å². The Balaban J connectivity index is 1.40. The molecule has 8 heteroatoms. The molecule has 4 rings (SSSR count). The van der Waals surface area contributed by atoms with E-state index in [2.05, 4.69) is 46.3 Å². The first kappa shape index (κ1) is 21.2. The summed E-state index contributed by atoms with van der Waals surface area (Å²) in [5.74, 6) is 1.20. The van der Waals surface area contributed by atoms with Gasteiger partial charge < -0.3 is 5.32 Å². The van der Waals surface area contributed by atoms with E-state index in [4.69, 9.17) is 0 Å². The second-order valence-electron chi connectivity index (χ2n) is 8.87. The van der Waals surface area contributed by atoms with Crippen molar-refractivity contribution < 1.29 is 4.79 Å². The molecule has 0 saturated carbocycles. The molecular weight excluding hydrogens is 392 g/mol. The van der Waals surface area contributed by atoms with Gasteiger partial charge in [0.1, 0.15) is 18.3 Å². The zero-order valence-corrected chi connectivity index (χ0v) is 18.4. The predicted octanol–water partition coefficient (Wildman–Crippen LogP) is 1.92. The Morgan fingerprint density at radius 1 is 1.16 bits per heavy atom. The number of nitrogens with zero attached hydrogens (tertiary/aromatic N) is 5. The second-order valence-corrected chi connectivity index (χ2v) is 8.87. The molecule has 3 aromatic rings. The molecule has 1 amide bonds. The topological polar surface area (TPSA) is 85.1 Å². The highest BCUT2D eigenvalue weighted by molar-refractivity contribution is 5.77. The van der Waals surface area contributed by atoms with Gasteiger partial charge in [-0.3, -0.25) is 23.7 Å². The van der Waals surface area contributed by atoms with Crippen molar-refractivity contribution in [2.24, 2.45) is 18.9 Å². The number of nitrogens with one attached hydrogen (secondary N) is 1. The van der Waals surface area contributed by atoms with Gasteiger partial charge >= 0.3 is 0 Å². The number of hydrogen-bond donors (Lipinski definition) is 1. The minimum Gasteiger partial charge on any atom is -0.350 e. The summed E-state index contributed by atoms with van der Waals surface area (Å²) in [7, 11) is 1.73. The number of benzene rings is 1. The van der Waals surface area contributed by atoms with E-state index in [0.717, 1.165) is 25.2 Å². The van der Waals surface area contributed by atoms with Gasteiger partial charge in [0.25, 0.3) is 5.56 Å². The molecule has 3 heterocycles. The summed E-state index contributed by atoms with van der Waals surface area (Å²) >= 11 is 0. The number of hydrogen-bond acceptors (Lipinski definition) is 5. The van der Waals surface area contributed by atoms with E-state index >= 15 is 0 Å². The average molecular weight is 423 g/mol. The lowest BCUT2D eigenvalue weighted by Gasteiger charge is -2.35. The third kappa shape index (κ3) is 4.85. The zero-order valence-electron chi connectivity index (χ0n) is 18.4. The van der Waals surface area contributed by atoms with Crippen molar-refractivity contribution in [3.8, 4) is 0 Å². The van der Waals surface area contributed by atoms with Crippen LogP contribution in [-0.2, 0) is 31.5 Å². The SMILES string of the molecule is CC1CC(C)CN(Cc2ccccc2CNC(=O)Cn2cnc3c(cnn3C)c2=O)C1. The van der Waals surface area contributed by atoms with Gasteiger partial charge in [-0.05, 0) is 29.4 Å². The number of aryl methyl sites for hydroxylation is 1. The zero-order chi connectivity index (χ0) is 22.0. The summed E-state index contributed by atoms with van der Waals surface area (Å²) in [6.07, 6.45) is 4.17. The largest absolute Gasteiger partial charge is 0.350 e. The van der Waals surface area contributed by atoms with Crippen LogP contribution >= 0.6 is 0 Å². The second kappa shape index (κ2) is 9.01. The Morgan fingerprint density at radius 3 is 2.61 bits per heavy atom. The molecule has 1 aromatic carbocycles. The maximum Gasteiger partial charge on any atom is 0.264 e. The molecule has 1 aliphatic heterocycles. The van der Waals surface area contributed by atoms with E-state index < -0.39 is 0 Å². The molecule has 2 unspecified atom stereocenters. The van der Waals surface area contributed by atoms with Crippen LogP contribution in [0.4, 0.5) is 0 Å². The summed E-state index contributed by atoms with van der Waals surface area (Å²) < 4.78 is 2.86. The molecule has 1 saturated heterocycles. The first-order chi connectivity index (χ1) is 14.9. The molecular formula is C23H30N6O2. The van der Waals surface area contributed by atoms with Crippen molar-refractivity contribution in [1.82, 2.24) is 29.5 Å². The monoisotopic (exact) mass is 422 g/mol. The van der Waals surface area contributed by atoms with Gasteiger partial charge in [0, 0.05) is 33.2 Å². The first-order valence-electron chi connectivity index (χ1n) is 10.8. The van der Waals surface area contributed by atoms with Gasteiger partial charge in [-0.15, -0.1) is 0 Å². The molecule has 0 aliphatic carbocycles. The number of carbonyl (C=O) groups is 1. The highest BCUT2D eigenvalue weighted by Crippen LogP contribution is 2.23. The third-order valence-electron chi connectivity index (χ3n) is 5.96. The molecule has 0 spiro atoms. The summed E-state index contributed by atoms with van der Waals surface area (Å²) in [5.41, 5.74) is 2.59. The van der Waals surface area contributed by atoms with Crippen LogP contribution in [0, 0.1) is 11.8 Å². The fraction of sp³-hybridized carbons (Fsp3) is 0.478. The fourth-order valence-electron chi connectivity index (χ4n) is 4.63. The summed E-state index contributed by atoms with van der Waals surface area (Å²) in [6.45, 7) is 8.10. The molecule has 1 aliphatic rings. The standard InChI is InChI=1S/C23H30N6O2/c1-16-8-17(2)12-28(11-16)13-19-7-5-4-6-18(19)9-24-21(30)14-29-15-25-22-20(23(29)31)10-26-27(22)3/h4-7,10,15-17H,8-9,11-14H2,1-3H3,(H,24,30). The molecule has 1 fully saturated rings. The lowest BCUT2D eigenvalue weighted by molar-refractivity contribution is -0.121. The highest BCUT2D eigenvalue weighted by atomic mass is 16.2. The lowest BCUT2D eigenvalue weighted by atomic mass is 9.91. The van der Waals surface area contributed by atoms with Gasteiger partial charge in [-0.1, -0.05) is 38.1 Å². The number of fused-ring (bicyclic) bond motifs is 1.